The van der Waals surface area contributed by atoms with E-state index in [1.807, 2.05) is 0 Å². The van der Waals surface area contributed by atoms with E-state index in [1.54, 1.807) is 0 Å². The second-order valence-corrected chi connectivity index (χ2v) is 7.45. The highest BCUT2D eigenvalue weighted by Gasteiger charge is 2.32. The lowest BCUT2D eigenvalue weighted by atomic mass is 9.80. The summed E-state index contributed by atoms with van der Waals surface area (Å²) < 4.78 is 5.80. The van der Waals surface area contributed by atoms with Crippen molar-refractivity contribution in [3.63, 3.8) is 0 Å². The largest absolute Gasteiger partial charge is 0.376 e. The predicted molar refractivity (Wildman–Crippen MR) is 87.2 cm³/mol. The fourth-order valence-electron chi connectivity index (χ4n) is 2.88. The van der Waals surface area contributed by atoms with Crippen LogP contribution in [0.25, 0.3) is 0 Å². The highest BCUT2D eigenvalue weighted by Crippen LogP contribution is 2.28. The molecule has 120 valence electrons. The van der Waals surface area contributed by atoms with Crippen LogP contribution in [-0.4, -0.2) is 49.3 Å². The summed E-state index contributed by atoms with van der Waals surface area (Å²) in [4.78, 5) is 2.62. The smallest absolute Gasteiger partial charge is 0.0700 e. The average Bonchev–Trinajstić information content (AvgIpc) is 2.43. The maximum absolute atomic E-state index is 5.80. The minimum Gasteiger partial charge on any atom is -0.376 e. The molecule has 1 rings (SSSR count). The van der Waals surface area contributed by atoms with Gasteiger partial charge in [0.05, 0.1) is 12.7 Å². The van der Waals surface area contributed by atoms with Gasteiger partial charge in [-0.15, -0.1) is 0 Å². The summed E-state index contributed by atoms with van der Waals surface area (Å²) in [7, 11) is 0. The Morgan fingerprint density at radius 3 is 2.30 bits per heavy atom. The first-order valence-electron chi connectivity index (χ1n) is 8.43. The van der Waals surface area contributed by atoms with Crippen LogP contribution in [-0.2, 0) is 4.74 Å². The molecule has 3 heteroatoms. The molecule has 3 nitrogen and oxygen atoms in total. The molecule has 0 saturated carbocycles. The lowest BCUT2D eigenvalue weighted by Crippen LogP contribution is -2.52. The van der Waals surface area contributed by atoms with E-state index in [4.69, 9.17) is 4.74 Å². The van der Waals surface area contributed by atoms with Crippen LogP contribution in [0.3, 0.4) is 0 Å². The molecule has 0 aromatic heterocycles. The maximum Gasteiger partial charge on any atom is 0.0700 e. The third kappa shape index (κ3) is 5.71. The van der Waals surface area contributed by atoms with Gasteiger partial charge in [-0.05, 0) is 45.4 Å². The topological polar surface area (TPSA) is 24.5 Å². The third-order valence-electron chi connectivity index (χ3n) is 4.73. The van der Waals surface area contributed by atoms with Crippen molar-refractivity contribution in [1.82, 2.24) is 10.2 Å². The summed E-state index contributed by atoms with van der Waals surface area (Å²) in [6.45, 7) is 19.1. The predicted octanol–water partition coefficient (Wildman–Crippen LogP) is 3.29. The van der Waals surface area contributed by atoms with Gasteiger partial charge < -0.3 is 10.1 Å². The van der Waals surface area contributed by atoms with Crippen molar-refractivity contribution in [2.45, 2.75) is 72.4 Å². The van der Waals surface area contributed by atoms with Crippen LogP contribution in [0.5, 0.6) is 0 Å². The summed E-state index contributed by atoms with van der Waals surface area (Å²) in [5, 5.41) is 3.72. The minimum atomic E-state index is 0.201. The quantitative estimate of drug-likeness (QED) is 0.776. The van der Waals surface area contributed by atoms with E-state index in [0.717, 1.165) is 32.7 Å². The van der Waals surface area contributed by atoms with Crippen molar-refractivity contribution >= 4 is 0 Å². The number of rotatable bonds is 7. The maximum atomic E-state index is 5.80. The Labute approximate surface area is 126 Å². The van der Waals surface area contributed by atoms with Crippen molar-refractivity contribution < 1.29 is 4.74 Å². The van der Waals surface area contributed by atoms with Gasteiger partial charge in [-0.1, -0.05) is 20.8 Å². The first-order chi connectivity index (χ1) is 9.34. The number of nitrogens with one attached hydrogen (secondary N) is 1. The Bertz CT molecular complexity index is 269. The van der Waals surface area contributed by atoms with E-state index in [0.29, 0.717) is 11.5 Å². The molecular weight excluding hydrogens is 248 g/mol. The Morgan fingerprint density at radius 2 is 1.80 bits per heavy atom. The zero-order valence-electron chi connectivity index (χ0n) is 14.6. The zero-order chi connectivity index (χ0) is 15.2. The van der Waals surface area contributed by atoms with Crippen LogP contribution in [0, 0.1) is 5.41 Å². The van der Waals surface area contributed by atoms with Crippen molar-refractivity contribution in [3.05, 3.63) is 0 Å². The van der Waals surface area contributed by atoms with Gasteiger partial charge in [0, 0.05) is 31.7 Å². The van der Waals surface area contributed by atoms with Gasteiger partial charge in [0.1, 0.15) is 0 Å². The standard InChI is InChI=1S/C17H36N2O/c1-7-15-12-19(10-11-20-15)14-17(8-2,9-3)13-18-16(4,5)6/h15,18H,7-14H2,1-6H3. The Morgan fingerprint density at radius 1 is 1.15 bits per heavy atom. The second-order valence-electron chi connectivity index (χ2n) is 7.45. The van der Waals surface area contributed by atoms with E-state index in [1.165, 1.54) is 19.4 Å². The van der Waals surface area contributed by atoms with Crippen molar-refractivity contribution in [3.8, 4) is 0 Å². The Balaban J connectivity index is 2.60. The number of hydrogen-bond acceptors (Lipinski definition) is 3. The van der Waals surface area contributed by atoms with Gasteiger partial charge in [-0.25, -0.2) is 0 Å². The molecule has 0 bridgehead atoms. The first kappa shape index (κ1) is 17.9. The molecule has 1 aliphatic heterocycles. The van der Waals surface area contributed by atoms with Crippen molar-refractivity contribution in [2.75, 3.05) is 32.8 Å². The molecule has 1 fully saturated rings. The summed E-state index contributed by atoms with van der Waals surface area (Å²) in [5.74, 6) is 0. The molecular formula is C17H36N2O. The third-order valence-corrected chi connectivity index (χ3v) is 4.73. The molecule has 1 aliphatic rings. The highest BCUT2D eigenvalue weighted by atomic mass is 16.5. The van der Waals surface area contributed by atoms with Gasteiger partial charge >= 0.3 is 0 Å². The second kappa shape index (κ2) is 7.77. The molecule has 0 aromatic rings. The monoisotopic (exact) mass is 284 g/mol. The van der Waals surface area contributed by atoms with Crippen molar-refractivity contribution in [1.29, 1.82) is 0 Å². The Hall–Kier alpha value is -0.120. The van der Waals surface area contributed by atoms with Gasteiger partial charge in [-0.2, -0.15) is 0 Å². The summed E-state index contributed by atoms with van der Waals surface area (Å²) >= 11 is 0. The van der Waals surface area contributed by atoms with Crippen LogP contribution >= 0.6 is 0 Å². The van der Waals surface area contributed by atoms with Crippen LogP contribution in [0.1, 0.15) is 60.8 Å². The normalized spacial score (nSPS) is 22.2. The number of nitrogens with zero attached hydrogens (tertiary/aromatic N) is 1. The van der Waals surface area contributed by atoms with Crippen molar-refractivity contribution in [2.24, 2.45) is 5.41 Å². The number of morpholine rings is 1. The lowest BCUT2D eigenvalue weighted by molar-refractivity contribution is -0.0439. The molecule has 1 saturated heterocycles. The summed E-state index contributed by atoms with van der Waals surface area (Å²) in [5.41, 5.74) is 0.593. The summed E-state index contributed by atoms with van der Waals surface area (Å²) in [6, 6.07) is 0. The molecule has 0 radical (unpaired) electrons. The van der Waals surface area contributed by atoms with E-state index >= 15 is 0 Å². The highest BCUT2D eigenvalue weighted by molar-refractivity contribution is 4.87. The Kier molecular flexibility index (Phi) is 6.96. The summed E-state index contributed by atoms with van der Waals surface area (Å²) in [6.07, 6.45) is 4.04. The minimum absolute atomic E-state index is 0.201. The van der Waals surface area contributed by atoms with E-state index < -0.39 is 0 Å². The van der Waals surface area contributed by atoms with Crippen LogP contribution in [0.4, 0.5) is 0 Å². The van der Waals surface area contributed by atoms with Gasteiger partial charge in [-0.3, -0.25) is 4.90 Å². The van der Waals surface area contributed by atoms with Crippen LogP contribution in [0.2, 0.25) is 0 Å². The fourth-order valence-corrected chi connectivity index (χ4v) is 2.88. The molecule has 0 amide bonds. The fraction of sp³-hybridized carbons (Fsp3) is 1.00. The number of ether oxygens (including phenoxy) is 1. The van der Waals surface area contributed by atoms with Gasteiger partial charge in [0.25, 0.3) is 0 Å². The van der Waals surface area contributed by atoms with E-state index in [9.17, 15) is 0 Å². The zero-order valence-corrected chi connectivity index (χ0v) is 14.6. The molecule has 20 heavy (non-hydrogen) atoms. The molecule has 1 unspecified atom stereocenters. The molecule has 0 aromatic carbocycles. The van der Waals surface area contributed by atoms with E-state index in [2.05, 4.69) is 51.8 Å². The SMILES string of the molecule is CCC1CN(CC(CC)(CC)CNC(C)(C)C)CCO1. The molecule has 1 atom stereocenters. The number of hydrogen-bond donors (Lipinski definition) is 1. The van der Waals surface area contributed by atoms with Gasteiger partial charge in [0.2, 0.25) is 0 Å². The lowest BCUT2D eigenvalue weighted by Gasteiger charge is -2.42. The molecule has 1 N–H and O–H groups in total. The average molecular weight is 284 g/mol. The van der Waals surface area contributed by atoms with Gasteiger partial charge in [0.15, 0.2) is 0 Å². The van der Waals surface area contributed by atoms with Crippen LogP contribution in [0.15, 0.2) is 0 Å². The molecule has 1 heterocycles. The first-order valence-corrected chi connectivity index (χ1v) is 8.43. The molecule has 0 aliphatic carbocycles. The molecule has 0 spiro atoms. The van der Waals surface area contributed by atoms with E-state index in [-0.39, 0.29) is 5.54 Å². The van der Waals surface area contributed by atoms with Crippen LogP contribution < -0.4 is 5.32 Å².